The zero-order chi connectivity index (χ0) is 14.7. The summed E-state index contributed by atoms with van der Waals surface area (Å²) in [5, 5.41) is 19.8. The zero-order valence-corrected chi connectivity index (χ0v) is 10.6. The van der Waals surface area contributed by atoms with Crippen molar-refractivity contribution < 1.29 is 9.31 Å². The molecule has 0 aliphatic carbocycles. The van der Waals surface area contributed by atoms with E-state index in [4.69, 9.17) is 5.26 Å². The molecular formula is C14H10FN3O2. The van der Waals surface area contributed by atoms with Crippen molar-refractivity contribution >= 4 is 17.1 Å². The summed E-state index contributed by atoms with van der Waals surface area (Å²) in [5.41, 5.74) is 0.404. The molecule has 100 valence electrons. The fraction of sp³-hybridized carbons (Fsp3) is 0.0714. The van der Waals surface area contributed by atoms with E-state index in [1.165, 1.54) is 29.2 Å². The molecule has 0 fully saturated rings. The van der Waals surface area contributed by atoms with Crippen molar-refractivity contribution in [1.82, 2.24) is 0 Å². The van der Waals surface area contributed by atoms with Gasteiger partial charge in [0.25, 0.3) is 5.69 Å². The maximum atomic E-state index is 13.7. The van der Waals surface area contributed by atoms with Crippen LogP contribution in [0.5, 0.6) is 0 Å². The summed E-state index contributed by atoms with van der Waals surface area (Å²) in [6, 6.07) is 12.0. The number of nitrogens with zero attached hydrogens (tertiary/aromatic N) is 3. The Labute approximate surface area is 114 Å². The van der Waals surface area contributed by atoms with Crippen LogP contribution in [0.2, 0.25) is 0 Å². The van der Waals surface area contributed by atoms with Crippen LogP contribution < -0.4 is 4.90 Å². The van der Waals surface area contributed by atoms with Crippen molar-refractivity contribution in [3.63, 3.8) is 0 Å². The maximum Gasteiger partial charge on any atom is 0.289 e. The van der Waals surface area contributed by atoms with Gasteiger partial charge in [0.1, 0.15) is 17.4 Å². The lowest BCUT2D eigenvalue weighted by molar-refractivity contribution is -0.385. The molecule has 5 nitrogen and oxygen atoms in total. The molecule has 0 atom stereocenters. The first kappa shape index (κ1) is 13.5. The number of halogens is 1. The molecule has 0 bridgehead atoms. The van der Waals surface area contributed by atoms with Crippen LogP contribution in [0, 0.1) is 27.3 Å². The van der Waals surface area contributed by atoms with Gasteiger partial charge >= 0.3 is 0 Å². The molecule has 0 aliphatic heterocycles. The Balaban J connectivity index is 2.49. The van der Waals surface area contributed by atoms with E-state index in [1.807, 2.05) is 0 Å². The lowest BCUT2D eigenvalue weighted by Crippen LogP contribution is -2.11. The number of nitro benzene ring substituents is 1. The monoisotopic (exact) mass is 271 g/mol. The minimum absolute atomic E-state index is 0.0271. The van der Waals surface area contributed by atoms with Crippen LogP contribution in [0.15, 0.2) is 42.5 Å². The van der Waals surface area contributed by atoms with Gasteiger partial charge < -0.3 is 4.90 Å². The summed E-state index contributed by atoms with van der Waals surface area (Å²) in [7, 11) is 1.60. The SMILES string of the molecule is CN(c1ccc(C#N)c([N+](=O)[O-])c1)c1ccccc1F. The molecule has 20 heavy (non-hydrogen) atoms. The summed E-state index contributed by atoms with van der Waals surface area (Å²) >= 11 is 0. The van der Waals surface area contributed by atoms with Crippen molar-refractivity contribution in [1.29, 1.82) is 5.26 Å². The van der Waals surface area contributed by atoms with Gasteiger partial charge in [-0.05, 0) is 24.3 Å². The van der Waals surface area contributed by atoms with E-state index in [0.29, 0.717) is 11.4 Å². The van der Waals surface area contributed by atoms with Crippen LogP contribution in [-0.4, -0.2) is 12.0 Å². The molecule has 0 amide bonds. The van der Waals surface area contributed by atoms with Crippen molar-refractivity contribution in [3.05, 3.63) is 64.0 Å². The van der Waals surface area contributed by atoms with Crippen LogP contribution in [0.25, 0.3) is 0 Å². The Kier molecular flexibility index (Phi) is 3.62. The Hall–Kier alpha value is -2.94. The summed E-state index contributed by atoms with van der Waals surface area (Å²) in [6.07, 6.45) is 0. The molecule has 0 radical (unpaired) electrons. The van der Waals surface area contributed by atoms with E-state index in [1.54, 1.807) is 31.3 Å². The fourth-order valence-corrected chi connectivity index (χ4v) is 1.84. The largest absolute Gasteiger partial charge is 0.342 e. The van der Waals surface area contributed by atoms with Gasteiger partial charge in [0, 0.05) is 18.8 Å². The van der Waals surface area contributed by atoms with Crippen molar-refractivity contribution in [3.8, 4) is 6.07 Å². The fourth-order valence-electron chi connectivity index (χ4n) is 1.84. The Morgan fingerprint density at radius 1 is 1.30 bits per heavy atom. The molecule has 0 aliphatic rings. The van der Waals surface area contributed by atoms with E-state index in [-0.39, 0.29) is 11.3 Å². The highest BCUT2D eigenvalue weighted by molar-refractivity contribution is 5.67. The molecule has 6 heteroatoms. The number of hydrogen-bond donors (Lipinski definition) is 0. The standard InChI is InChI=1S/C14H10FN3O2/c1-17(13-5-3-2-4-12(13)15)11-7-6-10(9-16)14(8-11)18(19)20/h2-8H,1H3. The van der Waals surface area contributed by atoms with Crippen LogP contribution in [0.3, 0.4) is 0 Å². The Morgan fingerprint density at radius 2 is 2.00 bits per heavy atom. The highest BCUT2D eigenvalue weighted by Gasteiger charge is 2.17. The molecule has 2 aromatic rings. The minimum atomic E-state index is -0.628. The first-order chi connectivity index (χ1) is 9.54. The lowest BCUT2D eigenvalue weighted by atomic mass is 10.1. The first-order valence-electron chi connectivity index (χ1n) is 5.71. The molecule has 0 N–H and O–H groups in total. The van der Waals surface area contributed by atoms with E-state index < -0.39 is 10.7 Å². The first-order valence-corrected chi connectivity index (χ1v) is 5.71. The maximum absolute atomic E-state index is 13.7. The molecule has 0 saturated heterocycles. The van der Waals surface area contributed by atoms with Crippen LogP contribution in [-0.2, 0) is 0 Å². The van der Waals surface area contributed by atoms with Gasteiger partial charge in [-0.3, -0.25) is 10.1 Å². The summed E-state index contributed by atoms with van der Waals surface area (Å²) in [6.45, 7) is 0. The highest BCUT2D eigenvalue weighted by atomic mass is 19.1. The van der Waals surface area contributed by atoms with Gasteiger partial charge in [0.15, 0.2) is 0 Å². The van der Waals surface area contributed by atoms with E-state index in [2.05, 4.69) is 0 Å². The number of benzene rings is 2. The number of hydrogen-bond acceptors (Lipinski definition) is 4. The van der Waals surface area contributed by atoms with Gasteiger partial charge in [-0.15, -0.1) is 0 Å². The van der Waals surface area contributed by atoms with Gasteiger partial charge in [-0.25, -0.2) is 4.39 Å². The topological polar surface area (TPSA) is 70.2 Å². The van der Waals surface area contributed by atoms with Crippen LogP contribution in [0.4, 0.5) is 21.5 Å². The summed E-state index contributed by atoms with van der Waals surface area (Å²) < 4.78 is 13.7. The number of para-hydroxylation sites is 1. The van der Waals surface area contributed by atoms with Crippen molar-refractivity contribution in [2.24, 2.45) is 0 Å². The van der Waals surface area contributed by atoms with Crippen LogP contribution in [0.1, 0.15) is 5.56 Å². The highest BCUT2D eigenvalue weighted by Crippen LogP contribution is 2.30. The van der Waals surface area contributed by atoms with E-state index >= 15 is 0 Å². The molecule has 2 aromatic carbocycles. The molecule has 0 unspecified atom stereocenters. The number of rotatable bonds is 3. The third-order valence-corrected chi connectivity index (χ3v) is 2.90. The Morgan fingerprint density at radius 3 is 2.60 bits per heavy atom. The summed E-state index contributed by atoms with van der Waals surface area (Å²) in [4.78, 5) is 11.8. The molecule has 0 aromatic heterocycles. The molecule has 2 rings (SSSR count). The average Bonchev–Trinajstić information content (AvgIpc) is 2.46. The molecule has 0 heterocycles. The second-order valence-electron chi connectivity index (χ2n) is 4.08. The predicted molar refractivity (Wildman–Crippen MR) is 72.3 cm³/mol. The van der Waals surface area contributed by atoms with E-state index in [9.17, 15) is 14.5 Å². The van der Waals surface area contributed by atoms with Crippen LogP contribution >= 0.6 is 0 Å². The molecule has 0 saturated carbocycles. The average molecular weight is 271 g/mol. The summed E-state index contributed by atoms with van der Waals surface area (Å²) in [5.74, 6) is -0.429. The minimum Gasteiger partial charge on any atom is -0.342 e. The smallest absolute Gasteiger partial charge is 0.289 e. The third-order valence-electron chi connectivity index (χ3n) is 2.90. The zero-order valence-electron chi connectivity index (χ0n) is 10.6. The molecule has 0 spiro atoms. The van der Waals surface area contributed by atoms with Gasteiger partial charge in [0.05, 0.1) is 10.6 Å². The van der Waals surface area contributed by atoms with Gasteiger partial charge in [-0.1, -0.05) is 12.1 Å². The number of anilines is 2. The van der Waals surface area contributed by atoms with Gasteiger partial charge in [0.2, 0.25) is 0 Å². The normalized spacial score (nSPS) is 9.85. The quantitative estimate of drug-likeness (QED) is 0.633. The predicted octanol–water partition coefficient (Wildman–Crippen LogP) is 3.37. The number of nitriles is 1. The van der Waals surface area contributed by atoms with E-state index in [0.717, 1.165) is 0 Å². The second-order valence-corrected chi connectivity index (χ2v) is 4.08. The van der Waals surface area contributed by atoms with Gasteiger partial charge in [-0.2, -0.15) is 5.26 Å². The molecular weight excluding hydrogens is 261 g/mol. The Bertz CT molecular complexity index is 710. The van der Waals surface area contributed by atoms with Crippen molar-refractivity contribution in [2.45, 2.75) is 0 Å². The number of nitro groups is 1. The van der Waals surface area contributed by atoms with Crippen molar-refractivity contribution in [2.75, 3.05) is 11.9 Å². The lowest BCUT2D eigenvalue weighted by Gasteiger charge is -2.19. The second kappa shape index (κ2) is 5.36. The third kappa shape index (κ3) is 2.42.